The molecule has 2 N–H and O–H groups in total. The van der Waals surface area contributed by atoms with Gasteiger partial charge in [0.25, 0.3) is 5.56 Å². The van der Waals surface area contributed by atoms with E-state index in [9.17, 15) is 14.4 Å². The van der Waals surface area contributed by atoms with Crippen LogP contribution in [0.3, 0.4) is 0 Å². The van der Waals surface area contributed by atoms with Crippen molar-refractivity contribution in [1.82, 2.24) is 9.55 Å². The smallest absolute Gasteiger partial charge is 0.263 e. The fraction of sp³-hybridized carbons (Fsp3) is 0.294. The van der Waals surface area contributed by atoms with E-state index in [2.05, 4.69) is 16.8 Å². The summed E-state index contributed by atoms with van der Waals surface area (Å²) in [6.07, 6.45) is 0.987. The Morgan fingerprint density at radius 2 is 2.22 bits per heavy atom. The molecule has 6 heteroatoms. The summed E-state index contributed by atoms with van der Waals surface area (Å²) in [4.78, 5) is 39.7. The molecule has 1 atom stereocenters. The minimum atomic E-state index is -0.910. The molecule has 0 aliphatic carbocycles. The normalized spacial score (nSPS) is 11.6. The molecule has 1 aromatic carbocycles. The second-order valence-corrected chi connectivity index (χ2v) is 5.07. The maximum atomic E-state index is 12.9. The Hall–Kier alpha value is -2.94. The molecule has 0 saturated carbocycles. The number of hydrogen-bond donors (Lipinski definition) is 1. The summed E-state index contributed by atoms with van der Waals surface area (Å²) in [7, 11) is 0. The van der Waals surface area contributed by atoms with E-state index in [4.69, 9.17) is 5.73 Å². The predicted octanol–water partition coefficient (Wildman–Crippen LogP) is 1.08. The Labute approximate surface area is 133 Å². The zero-order valence-electron chi connectivity index (χ0n) is 13.0. The minimum Gasteiger partial charge on any atom is -0.368 e. The van der Waals surface area contributed by atoms with Gasteiger partial charge in [-0.05, 0) is 32.4 Å². The largest absolute Gasteiger partial charge is 0.368 e. The predicted molar refractivity (Wildman–Crippen MR) is 86.8 cm³/mol. The fourth-order valence-electron chi connectivity index (χ4n) is 2.58. The van der Waals surface area contributed by atoms with Crippen LogP contribution in [0.15, 0.2) is 23.0 Å². The van der Waals surface area contributed by atoms with Gasteiger partial charge in [0.1, 0.15) is 18.2 Å². The van der Waals surface area contributed by atoms with Gasteiger partial charge >= 0.3 is 0 Å². The van der Waals surface area contributed by atoms with Gasteiger partial charge in [-0.1, -0.05) is 12.0 Å². The van der Waals surface area contributed by atoms with Gasteiger partial charge < -0.3 is 10.5 Å². The Bertz CT molecular complexity index is 888. The molecule has 1 aromatic heterocycles. The molecular formula is C17H17N3O3. The number of benzene rings is 1. The lowest BCUT2D eigenvalue weighted by Gasteiger charge is -2.18. The van der Waals surface area contributed by atoms with Crippen molar-refractivity contribution in [2.45, 2.75) is 32.7 Å². The highest BCUT2D eigenvalue weighted by Gasteiger charge is 2.22. The number of primary amides is 1. The molecule has 23 heavy (non-hydrogen) atoms. The van der Waals surface area contributed by atoms with Crippen molar-refractivity contribution in [2.75, 3.05) is 0 Å². The van der Waals surface area contributed by atoms with E-state index in [1.165, 1.54) is 4.57 Å². The summed E-state index contributed by atoms with van der Waals surface area (Å²) in [5, 5.41) is 0.352. The van der Waals surface area contributed by atoms with Crippen LogP contribution >= 0.6 is 0 Å². The average Bonchev–Trinajstić information content (AvgIpc) is 2.50. The number of amides is 1. The number of aldehydes is 1. The van der Waals surface area contributed by atoms with E-state index < -0.39 is 11.9 Å². The first kappa shape index (κ1) is 16.4. The highest BCUT2D eigenvalue weighted by atomic mass is 16.2. The number of rotatable bonds is 5. The summed E-state index contributed by atoms with van der Waals surface area (Å²) in [5.74, 6) is 5.34. The number of aromatic nitrogens is 2. The zero-order chi connectivity index (χ0) is 17.0. The molecule has 0 saturated heterocycles. The van der Waals surface area contributed by atoms with Crippen LogP contribution in [0.5, 0.6) is 0 Å². The van der Waals surface area contributed by atoms with Crippen LogP contribution in [0.2, 0.25) is 0 Å². The Balaban J connectivity index is 2.80. The van der Waals surface area contributed by atoms with Gasteiger partial charge in [-0.2, -0.15) is 0 Å². The lowest BCUT2D eigenvalue weighted by atomic mass is 10.1. The summed E-state index contributed by atoms with van der Waals surface area (Å²) < 4.78 is 1.26. The number of fused-ring (bicyclic) bond motifs is 1. The third kappa shape index (κ3) is 3.14. The van der Waals surface area contributed by atoms with E-state index in [1.54, 1.807) is 32.0 Å². The quantitative estimate of drug-likeness (QED) is 0.660. The molecule has 1 unspecified atom stereocenters. The van der Waals surface area contributed by atoms with Gasteiger partial charge in [0.2, 0.25) is 5.91 Å². The molecule has 6 nitrogen and oxygen atoms in total. The van der Waals surface area contributed by atoms with Crippen LogP contribution in [0.1, 0.15) is 37.2 Å². The van der Waals surface area contributed by atoms with Crippen LogP contribution < -0.4 is 11.3 Å². The second kappa shape index (κ2) is 6.88. The van der Waals surface area contributed by atoms with E-state index in [1.807, 2.05) is 0 Å². The molecule has 1 amide bonds. The number of aryl methyl sites for hydroxylation is 1. The molecule has 0 aliphatic heterocycles. The van der Waals surface area contributed by atoms with Crippen molar-refractivity contribution >= 4 is 23.1 Å². The Morgan fingerprint density at radius 3 is 2.83 bits per heavy atom. The number of carbonyl (C=O) groups is 2. The summed E-state index contributed by atoms with van der Waals surface area (Å²) in [6.45, 7) is 3.31. The van der Waals surface area contributed by atoms with Crippen molar-refractivity contribution in [3.8, 4) is 11.8 Å². The molecule has 0 fully saturated rings. The monoisotopic (exact) mass is 311 g/mol. The van der Waals surface area contributed by atoms with E-state index >= 15 is 0 Å². The number of carbonyl (C=O) groups excluding carboxylic acids is 2. The topological polar surface area (TPSA) is 95.0 Å². The van der Waals surface area contributed by atoms with Gasteiger partial charge in [-0.25, -0.2) is 4.98 Å². The lowest BCUT2D eigenvalue weighted by Crippen LogP contribution is -2.36. The molecule has 0 bridgehead atoms. The van der Waals surface area contributed by atoms with Gasteiger partial charge in [0.05, 0.1) is 10.9 Å². The standard InChI is InChI=1S/C17H17N3O3/c1-3-6-12-7-4-8-13-15(12)17(23)20(11(2)19-13)14(16(18)22)9-5-10-21/h4,7-8,10,14H,5,9H2,1-2H3,(H2,18,22). The van der Waals surface area contributed by atoms with Crippen molar-refractivity contribution in [1.29, 1.82) is 0 Å². The second-order valence-electron chi connectivity index (χ2n) is 5.07. The van der Waals surface area contributed by atoms with Crippen LogP contribution in [-0.4, -0.2) is 21.7 Å². The molecule has 2 rings (SSSR count). The maximum Gasteiger partial charge on any atom is 0.263 e. The molecular weight excluding hydrogens is 294 g/mol. The summed E-state index contributed by atoms with van der Waals surface area (Å²) >= 11 is 0. The third-order valence-corrected chi connectivity index (χ3v) is 3.56. The molecule has 2 aromatic rings. The van der Waals surface area contributed by atoms with E-state index in [0.29, 0.717) is 28.6 Å². The highest BCUT2D eigenvalue weighted by Crippen LogP contribution is 2.18. The van der Waals surface area contributed by atoms with E-state index in [0.717, 1.165) is 0 Å². The first-order valence-electron chi connectivity index (χ1n) is 7.18. The van der Waals surface area contributed by atoms with Crippen LogP contribution in [-0.2, 0) is 9.59 Å². The van der Waals surface area contributed by atoms with Crippen molar-refractivity contribution in [3.05, 3.63) is 39.9 Å². The van der Waals surface area contributed by atoms with Gasteiger partial charge in [0, 0.05) is 12.0 Å². The van der Waals surface area contributed by atoms with Gasteiger partial charge in [-0.15, -0.1) is 5.92 Å². The zero-order valence-corrected chi connectivity index (χ0v) is 13.0. The van der Waals surface area contributed by atoms with Crippen LogP contribution in [0.4, 0.5) is 0 Å². The Morgan fingerprint density at radius 1 is 1.48 bits per heavy atom. The van der Waals surface area contributed by atoms with Crippen LogP contribution in [0.25, 0.3) is 10.9 Å². The first-order chi connectivity index (χ1) is 11.0. The molecule has 0 spiro atoms. The maximum absolute atomic E-state index is 12.9. The Kier molecular flexibility index (Phi) is 4.91. The van der Waals surface area contributed by atoms with Gasteiger partial charge in [-0.3, -0.25) is 14.2 Å². The summed E-state index contributed by atoms with van der Waals surface area (Å²) in [5.41, 5.74) is 6.11. The van der Waals surface area contributed by atoms with Crippen LogP contribution in [0, 0.1) is 18.8 Å². The SMILES string of the molecule is CC#Cc1cccc2nc(C)n(C(CCC=O)C(N)=O)c(=O)c12. The number of nitrogens with two attached hydrogens (primary N) is 1. The van der Waals surface area contributed by atoms with Crippen molar-refractivity contribution < 1.29 is 9.59 Å². The summed E-state index contributed by atoms with van der Waals surface area (Å²) in [6, 6.07) is 4.31. The van der Waals surface area contributed by atoms with Gasteiger partial charge in [0.15, 0.2) is 0 Å². The number of nitrogens with zero attached hydrogens (tertiary/aromatic N) is 2. The molecule has 0 radical (unpaired) electrons. The minimum absolute atomic E-state index is 0.133. The highest BCUT2D eigenvalue weighted by molar-refractivity contribution is 5.85. The molecule has 0 aliphatic rings. The van der Waals surface area contributed by atoms with Crippen molar-refractivity contribution in [2.24, 2.45) is 5.73 Å². The molecule has 1 heterocycles. The van der Waals surface area contributed by atoms with E-state index in [-0.39, 0.29) is 18.4 Å². The molecule has 118 valence electrons. The first-order valence-corrected chi connectivity index (χ1v) is 7.18. The lowest BCUT2D eigenvalue weighted by molar-refractivity contribution is -0.121. The third-order valence-electron chi connectivity index (χ3n) is 3.56. The average molecular weight is 311 g/mol. The fourth-order valence-corrected chi connectivity index (χ4v) is 2.58. The number of hydrogen-bond acceptors (Lipinski definition) is 4. The van der Waals surface area contributed by atoms with Crippen molar-refractivity contribution in [3.63, 3.8) is 0 Å².